The average Bonchev–Trinajstić information content (AvgIpc) is 2.62. The third-order valence-corrected chi connectivity index (χ3v) is 3.70. The molecular formula is C19H17ClFNO3. The topological polar surface area (TPSA) is 55.4 Å². The summed E-state index contributed by atoms with van der Waals surface area (Å²) in [5.74, 6) is -1.38. The lowest BCUT2D eigenvalue weighted by atomic mass is 10.1. The molecule has 0 spiro atoms. The van der Waals surface area contributed by atoms with Gasteiger partial charge in [0.25, 0.3) is 0 Å². The minimum Gasteiger partial charge on any atom is -0.467 e. The summed E-state index contributed by atoms with van der Waals surface area (Å²) in [5.41, 5.74) is 1.51. The highest BCUT2D eigenvalue weighted by molar-refractivity contribution is 6.30. The maximum absolute atomic E-state index is 13.0. The lowest BCUT2D eigenvalue weighted by molar-refractivity contribution is -0.144. The summed E-state index contributed by atoms with van der Waals surface area (Å²) in [5, 5.41) is 3.20. The van der Waals surface area contributed by atoms with E-state index >= 15 is 0 Å². The molecular weight excluding hydrogens is 345 g/mol. The molecule has 1 atom stereocenters. The van der Waals surface area contributed by atoms with Crippen molar-refractivity contribution < 1.29 is 18.7 Å². The largest absolute Gasteiger partial charge is 0.467 e. The minimum atomic E-state index is -0.863. The number of benzene rings is 2. The van der Waals surface area contributed by atoms with Crippen molar-refractivity contribution in [3.05, 3.63) is 76.6 Å². The number of amides is 1. The summed E-state index contributed by atoms with van der Waals surface area (Å²) in [6, 6.07) is 11.8. The molecule has 130 valence electrons. The molecule has 2 rings (SSSR count). The zero-order valence-electron chi connectivity index (χ0n) is 13.5. The standard InChI is InChI=1S/C19H17ClFNO3/c1-25-19(24)17(12-14-4-9-16(21)10-5-14)22-18(23)11-6-13-2-7-15(20)8-3-13/h2-11,17H,12H2,1H3,(H,22,23)/b11-6+/t17-/m0/s1. The molecule has 0 aliphatic carbocycles. The van der Waals surface area contributed by atoms with Gasteiger partial charge in [-0.15, -0.1) is 0 Å². The third kappa shape index (κ3) is 6.04. The fourth-order valence-electron chi connectivity index (χ4n) is 2.16. The van der Waals surface area contributed by atoms with Gasteiger partial charge in [-0.25, -0.2) is 9.18 Å². The fourth-order valence-corrected chi connectivity index (χ4v) is 2.28. The van der Waals surface area contributed by atoms with E-state index in [1.54, 1.807) is 42.5 Å². The van der Waals surface area contributed by atoms with Gasteiger partial charge in [0.15, 0.2) is 0 Å². The molecule has 2 aromatic carbocycles. The highest BCUT2D eigenvalue weighted by Crippen LogP contribution is 2.11. The van der Waals surface area contributed by atoms with Crippen LogP contribution in [0.1, 0.15) is 11.1 Å². The molecule has 0 radical (unpaired) electrons. The van der Waals surface area contributed by atoms with Gasteiger partial charge in [0, 0.05) is 17.5 Å². The van der Waals surface area contributed by atoms with Crippen LogP contribution in [-0.4, -0.2) is 25.0 Å². The normalized spacial score (nSPS) is 12.0. The summed E-state index contributed by atoms with van der Waals surface area (Å²) < 4.78 is 17.7. The van der Waals surface area contributed by atoms with E-state index in [9.17, 15) is 14.0 Å². The smallest absolute Gasteiger partial charge is 0.328 e. The Morgan fingerprint density at radius 1 is 1.16 bits per heavy atom. The first kappa shape index (κ1) is 18.7. The van der Waals surface area contributed by atoms with Crippen molar-refractivity contribution in [2.75, 3.05) is 7.11 Å². The maximum atomic E-state index is 13.0. The predicted octanol–water partition coefficient (Wildman–Crippen LogP) is 3.39. The highest BCUT2D eigenvalue weighted by Gasteiger charge is 2.21. The van der Waals surface area contributed by atoms with Crippen LogP contribution in [0.5, 0.6) is 0 Å². The molecule has 0 aliphatic heterocycles. The van der Waals surface area contributed by atoms with Crippen molar-refractivity contribution in [3.63, 3.8) is 0 Å². The van der Waals surface area contributed by atoms with Crippen LogP contribution in [0.25, 0.3) is 6.08 Å². The molecule has 1 N–H and O–H groups in total. The lowest BCUT2D eigenvalue weighted by Crippen LogP contribution is -2.42. The molecule has 0 fully saturated rings. The van der Waals surface area contributed by atoms with Crippen LogP contribution in [0.15, 0.2) is 54.6 Å². The minimum absolute atomic E-state index is 0.202. The van der Waals surface area contributed by atoms with Gasteiger partial charge < -0.3 is 10.1 Å². The Kier molecular flexibility index (Phi) is 6.71. The first-order chi connectivity index (χ1) is 12.0. The predicted molar refractivity (Wildman–Crippen MR) is 94.5 cm³/mol. The Hall–Kier alpha value is -2.66. The Balaban J connectivity index is 2.02. The van der Waals surface area contributed by atoms with Crippen LogP contribution in [0.4, 0.5) is 4.39 Å². The van der Waals surface area contributed by atoms with Gasteiger partial charge in [-0.2, -0.15) is 0 Å². The van der Waals surface area contributed by atoms with Crippen LogP contribution < -0.4 is 5.32 Å². The Morgan fingerprint density at radius 2 is 1.80 bits per heavy atom. The molecule has 0 saturated heterocycles. The number of nitrogens with one attached hydrogen (secondary N) is 1. The second-order valence-electron chi connectivity index (χ2n) is 5.30. The third-order valence-electron chi connectivity index (χ3n) is 3.45. The lowest BCUT2D eigenvalue weighted by Gasteiger charge is -2.15. The van der Waals surface area contributed by atoms with E-state index in [2.05, 4.69) is 5.32 Å². The van der Waals surface area contributed by atoms with Crippen molar-refractivity contribution in [1.29, 1.82) is 0 Å². The van der Waals surface area contributed by atoms with Crippen LogP contribution in [0.2, 0.25) is 5.02 Å². The SMILES string of the molecule is COC(=O)[C@H](Cc1ccc(F)cc1)NC(=O)/C=C/c1ccc(Cl)cc1. The molecule has 0 heterocycles. The number of rotatable bonds is 6. The van der Waals surface area contributed by atoms with Crippen molar-refractivity contribution >= 4 is 29.6 Å². The first-order valence-electron chi connectivity index (χ1n) is 7.54. The number of halogens is 2. The van der Waals surface area contributed by atoms with E-state index in [-0.39, 0.29) is 12.2 Å². The van der Waals surface area contributed by atoms with Gasteiger partial charge in [0.05, 0.1) is 7.11 Å². The van der Waals surface area contributed by atoms with Gasteiger partial charge in [0.2, 0.25) is 5.91 Å². The molecule has 1 amide bonds. The van der Waals surface area contributed by atoms with Crippen LogP contribution in [-0.2, 0) is 20.7 Å². The number of carbonyl (C=O) groups is 2. The molecule has 4 nitrogen and oxygen atoms in total. The number of esters is 1. The van der Waals surface area contributed by atoms with Gasteiger partial charge in [-0.05, 0) is 41.5 Å². The average molecular weight is 362 g/mol. The Morgan fingerprint density at radius 3 is 2.40 bits per heavy atom. The van der Waals surface area contributed by atoms with Crippen molar-refractivity contribution in [3.8, 4) is 0 Å². The van der Waals surface area contributed by atoms with Crippen molar-refractivity contribution in [2.45, 2.75) is 12.5 Å². The molecule has 0 bridgehead atoms. The highest BCUT2D eigenvalue weighted by atomic mass is 35.5. The maximum Gasteiger partial charge on any atom is 0.328 e. The molecule has 0 aromatic heterocycles. The second kappa shape index (κ2) is 8.99. The quantitative estimate of drug-likeness (QED) is 0.633. The number of ether oxygens (including phenoxy) is 1. The van der Waals surface area contributed by atoms with E-state index in [0.29, 0.717) is 10.6 Å². The zero-order chi connectivity index (χ0) is 18.2. The summed E-state index contributed by atoms with van der Waals surface area (Å²) in [6.45, 7) is 0. The van der Waals surface area contributed by atoms with Crippen molar-refractivity contribution in [1.82, 2.24) is 5.32 Å². The molecule has 0 saturated carbocycles. The Labute approximate surface area is 150 Å². The van der Waals surface area contributed by atoms with E-state index in [0.717, 1.165) is 5.56 Å². The fraction of sp³-hybridized carbons (Fsp3) is 0.158. The van der Waals surface area contributed by atoms with Crippen molar-refractivity contribution in [2.24, 2.45) is 0 Å². The Bertz CT molecular complexity index is 757. The van der Waals surface area contributed by atoms with E-state index < -0.39 is 17.9 Å². The first-order valence-corrected chi connectivity index (χ1v) is 7.92. The summed E-state index contributed by atoms with van der Waals surface area (Å²) >= 11 is 5.80. The number of hydrogen-bond acceptors (Lipinski definition) is 3. The van der Waals surface area contributed by atoms with Gasteiger partial charge in [-0.1, -0.05) is 35.9 Å². The molecule has 2 aromatic rings. The molecule has 6 heteroatoms. The van der Waals surface area contributed by atoms with Crippen LogP contribution in [0, 0.1) is 5.82 Å². The summed E-state index contributed by atoms with van der Waals surface area (Å²) in [6.07, 6.45) is 3.13. The summed E-state index contributed by atoms with van der Waals surface area (Å²) in [4.78, 5) is 23.9. The van der Waals surface area contributed by atoms with Crippen LogP contribution in [0.3, 0.4) is 0 Å². The van der Waals surface area contributed by atoms with E-state index in [4.69, 9.17) is 16.3 Å². The number of methoxy groups -OCH3 is 1. The number of carbonyl (C=O) groups excluding carboxylic acids is 2. The van der Waals surface area contributed by atoms with E-state index in [1.165, 1.54) is 25.3 Å². The zero-order valence-corrected chi connectivity index (χ0v) is 14.3. The number of hydrogen-bond donors (Lipinski definition) is 1. The van der Waals surface area contributed by atoms with Gasteiger partial charge >= 0.3 is 5.97 Å². The van der Waals surface area contributed by atoms with Gasteiger partial charge in [-0.3, -0.25) is 4.79 Å². The van der Waals surface area contributed by atoms with E-state index in [1.807, 2.05) is 0 Å². The molecule has 0 unspecified atom stereocenters. The monoisotopic (exact) mass is 361 g/mol. The second-order valence-corrected chi connectivity index (χ2v) is 5.74. The van der Waals surface area contributed by atoms with Gasteiger partial charge in [0.1, 0.15) is 11.9 Å². The van der Waals surface area contributed by atoms with Crippen LogP contribution >= 0.6 is 11.6 Å². The summed E-state index contributed by atoms with van der Waals surface area (Å²) in [7, 11) is 1.25. The molecule has 0 aliphatic rings. The molecule has 25 heavy (non-hydrogen) atoms.